The van der Waals surface area contributed by atoms with E-state index in [2.05, 4.69) is 21.8 Å². The maximum atomic E-state index is 11.0. The Morgan fingerprint density at radius 1 is 1.15 bits per heavy atom. The zero-order chi connectivity index (χ0) is 19.0. The van der Waals surface area contributed by atoms with Crippen molar-refractivity contribution in [2.45, 2.75) is 13.6 Å². The summed E-state index contributed by atoms with van der Waals surface area (Å²) in [7, 11) is 0. The van der Waals surface area contributed by atoms with Crippen molar-refractivity contribution in [3.63, 3.8) is 0 Å². The van der Waals surface area contributed by atoms with Gasteiger partial charge in [-0.05, 0) is 30.7 Å². The lowest BCUT2D eigenvalue weighted by Gasteiger charge is -2.36. The Kier molecular flexibility index (Phi) is 4.72. The van der Waals surface area contributed by atoms with Crippen LogP contribution in [0.5, 0.6) is 0 Å². The molecule has 2 aromatic carbocycles. The van der Waals surface area contributed by atoms with Crippen LogP contribution in [-0.2, 0) is 6.67 Å². The third-order valence-corrected chi connectivity index (χ3v) is 5.29. The van der Waals surface area contributed by atoms with E-state index in [0.717, 1.165) is 42.1 Å². The van der Waals surface area contributed by atoms with Crippen LogP contribution in [0.2, 0.25) is 5.02 Å². The Bertz CT molecular complexity index is 995. The van der Waals surface area contributed by atoms with Gasteiger partial charge in [-0.1, -0.05) is 17.7 Å². The molecule has 0 amide bonds. The van der Waals surface area contributed by atoms with Crippen LogP contribution in [0.3, 0.4) is 0 Å². The van der Waals surface area contributed by atoms with Gasteiger partial charge >= 0.3 is 0 Å². The number of aryl methyl sites for hydroxylation is 1. The topological polar surface area (TPSA) is 67.4 Å². The molecule has 0 aliphatic carbocycles. The molecule has 0 unspecified atom stereocenters. The number of nitrogens with zero attached hydrogens (tertiary/aromatic N) is 5. The molecule has 7 nitrogen and oxygen atoms in total. The van der Waals surface area contributed by atoms with Gasteiger partial charge in [-0.2, -0.15) is 5.10 Å². The van der Waals surface area contributed by atoms with E-state index in [4.69, 9.17) is 11.6 Å². The average molecular weight is 386 g/mol. The zero-order valence-electron chi connectivity index (χ0n) is 15.0. The second-order valence-electron chi connectivity index (χ2n) is 6.82. The number of rotatable bonds is 4. The van der Waals surface area contributed by atoms with Crippen LogP contribution >= 0.6 is 11.6 Å². The average Bonchev–Trinajstić information content (AvgIpc) is 3.06. The second-order valence-corrected chi connectivity index (χ2v) is 7.26. The largest absolute Gasteiger partial charge is 0.369 e. The predicted molar refractivity (Wildman–Crippen MR) is 106 cm³/mol. The standard InChI is InChI=1S/C19H20ClN5O2/c1-14-2-4-16(20)10-18(14)23-8-6-22(7-9-23)13-24-19-11-17(25(26)27)5-3-15(19)12-21-24/h2-5,10-12H,6-9,13H2,1H3. The van der Waals surface area contributed by atoms with Crippen molar-refractivity contribution in [2.24, 2.45) is 0 Å². The van der Waals surface area contributed by atoms with E-state index in [1.165, 1.54) is 17.3 Å². The number of fused-ring (bicyclic) bond motifs is 1. The Hall–Kier alpha value is -2.64. The Morgan fingerprint density at radius 3 is 2.67 bits per heavy atom. The summed E-state index contributed by atoms with van der Waals surface area (Å²) in [6.45, 7) is 6.30. The first-order chi connectivity index (χ1) is 13.0. The molecule has 0 bridgehead atoms. The first-order valence-electron chi connectivity index (χ1n) is 8.85. The van der Waals surface area contributed by atoms with E-state index in [1.807, 2.05) is 22.9 Å². The minimum atomic E-state index is -0.372. The zero-order valence-corrected chi connectivity index (χ0v) is 15.8. The third-order valence-electron chi connectivity index (χ3n) is 5.06. The molecule has 4 rings (SSSR count). The lowest BCUT2D eigenvalue weighted by molar-refractivity contribution is -0.384. The minimum Gasteiger partial charge on any atom is -0.369 e. The van der Waals surface area contributed by atoms with Crippen molar-refractivity contribution < 1.29 is 4.92 Å². The summed E-state index contributed by atoms with van der Waals surface area (Å²) in [4.78, 5) is 15.3. The Morgan fingerprint density at radius 2 is 1.93 bits per heavy atom. The summed E-state index contributed by atoms with van der Waals surface area (Å²) in [5, 5.41) is 17.1. The molecule has 0 radical (unpaired) electrons. The van der Waals surface area contributed by atoms with Crippen LogP contribution in [0.25, 0.3) is 10.9 Å². The maximum absolute atomic E-state index is 11.0. The van der Waals surface area contributed by atoms with Crippen LogP contribution in [0, 0.1) is 17.0 Å². The van der Waals surface area contributed by atoms with Gasteiger partial charge in [0.15, 0.2) is 0 Å². The molecule has 2 heterocycles. The van der Waals surface area contributed by atoms with Crippen molar-refractivity contribution in [1.29, 1.82) is 0 Å². The summed E-state index contributed by atoms with van der Waals surface area (Å²) in [6.07, 6.45) is 1.75. The molecular formula is C19H20ClN5O2. The number of hydrogen-bond acceptors (Lipinski definition) is 5. The van der Waals surface area contributed by atoms with E-state index in [1.54, 1.807) is 18.3 Å². The molecule has 1 aromatic heterocycles. The number of benzene rings is 2. The van der Waals surface area contributed by atoms with E-state index in [0.29, 0.717) is 6.67 Å². The molecule has 1 saturated heterocycles. The van der Waals surface area contributed by atoms with Gasteiger partial charge in [-0.15, -0.1) is 0 Å². The van der Waals surface area contributed by atoms with Crippen molar-refractivity contribution in [3.05, 3.63) is 63.3 Å². The molecule has 0 atom stereocenters. The van der Waals surface area contributed by atoms with E-state index < -0.39 is 0 Å². The Balaban J connectivity index is 1.46. The van der Waals surface area contributed by atoms with Crippen molar-refractivity contribution in [1.82, 2.24) is 14.7 Å². The summed E-state index contributed by atoms with van der Waals surface area (Å²) >= 11 is 6.15. The normalized spacial score (nSPS) is 15.4. The molecule has 27 heavy (non-hydrogen) atoms. The van der Waals surface area contributed by atoms with Gasteiger partial charge in [0.25, 0.3) is 5.69 Å². The fraction of sp³-hybridized carbons (Fsp3) is 0.316. The second kappa shape index (κ2) is 7.17. The highest BCUT2D eigenvalue weighted by atomic mass is 35.5. The minimum absolute atomic E-state index is 0.0884. The fourth-order valence-electron chi connectivity index (χ4n) is 3.53. The molecule has 0 saturated carbocycles. The summed E-state index contributed by atoms with van der Waals surface area (Å²) in [5.41, 5.74) is 3.28. The van der Waals surface area contributed by atoms with Gasteiger partial charge in [-0.25, -0.2) is 0 Å². The van der Waals surface area contributed by atoms with Gasteiger partial charge in [-0.3, -0.25) is 19.7 Å². The van der Waals surface area contributed by atoms with Gasteiger partial charge in [0.1, 0.15) is 0 Å². The molecule has 0 spiro atoms. The van der Waals surface area contributed by atoms with Crippen molar-refractivity contribution in [2.75, 3.05) is 31.1 Å². The van der Waals surface area contributed by atoms with Crippen molar-refractivity contribution in [3.8, 4) is 0 Å². The lowest BCUT2D eigenvalue weighted by Crippen LogP contribution is -2.47. The number of anilines is 1. The number of hydrogen-bond donors (Lipinski definition) is 0. The number of halogens is 1. The highest BCUT2D eigenvalue weighted by molar-refractivity contribution is 6.30. The van der Waals surface area contributed by atoms with Gasteiger partial charge in [0.05, 0.1) is 23.3 Å². The van der Waals surface area contributed by atoms with Gasteiger partial charge in [0, 0.05) is 54.4 Å². The van der Waals surface area contributed by atoms with E-state index in [-0.39, 0.29) is 10.6 Å². The number of nitro benzene ring substituents is 1. The van der Waals surface area contributed by atoms with Gasteiger partial charge in [0.2, 0.25) is 0 Å². The molecular weight excluding hydrogens is 366 g/mol. The fourth-order valence-corrected chi connectivity index (χ4v) is 3.69. The summed E-state index contributed by atoms with van der Waals surface area (Å²) in [6, 6.07) is 10.8. The first kappa shape index (κ1) is 17.8. The first-order valence-corrected chi connectivity index (χ1v) is 9.22. The molecule has 3 aromatic rings. The van der Waals surface area contributed by atoms with Crippen LogP contribution < -0.4 is 4.90 Å². The van der Waals surface area contributed by atoms with Gasteiger partial charge < -0.3 is 4.90 Å². The van der Waals surface area contributed by atoms with Crippen LogP contribution in [0.15, 0.2) is 42.6 Å². The number of non-ortho nitro benzene ring substituents is 1. The quantitative estimate of drug-likeness (QED) is 0.506. The number of piperazine rings is 1. The molecule has 140 valence electrons. The lowest BCUT2D eigenvalue weighted by atomic mass is 10.1. The number of nitro groups is 1. The summed E-state index contributed by atoms with van der Waals surface area (Å²) in [5.74, 6) is 0. The predicted octanol–water partition coefficient (Wildman–Crippen LogP) is 3.69. The monoisotopic (exact) mass is 385 g/mol. The third kappa shape index (κ3) is 3.61. The van der Waals surface area contributed by atoms with Crippen molar-refractivity contribution >= 4 is 33.9 Å². The van der Waals surface area contributed by atoms with Crippen LogP contribution in [-0.4, -0.2) is 45.8 Å². The highest BCUT2D eigenvalue weighted by Crippen LogP contribution is 2.26. The SMILES string of the molecule is Cc1ccc(Cl)cc1N1CCN(Cn2ncc3ccc([N+](=O)[O-])cc32)CC1. The van der Waals surface area contributed by atoms with E-state index in [9.17, 15) is 10.1 Å². The molecule has 1 fully saturated rings. The summed E-state index contributed by atoms with van der Waals surface area (Å²) < 4.78 is 1.84. The Labute approximate surface area is 161 Å². The van der Waals surface area contributed by atoms with Crippen LogP contribution in [0.1, 0.15) is 5.56 Å². The molecule has 0 N–H and O–H groups in total. The highest BCUT2D eigenvalue weighted by Gasteiger charge is 2.20. The molecule has 1 aliphatic heterocycles. The van der Waals surface area contributed by atoms with Crippen LogP contribution in [0.4, 0.5) is 11.4 Å². The molecule has 1 aliphatic rings. The van der Waals surface area contributed by atoms with E-state index >= 15 is 0 Å². The smallest absolute Gasteiger partial charge is 0.271 e. The number of aromatic nitrogens is 2. The molecule has 8 heteroatoms. The maximum Gasteiger partial charge on any atom is 0.271 e.